The lowest BCUT2D eigenvalue weighted by Crippen LogP contribution is -2.56. The smallest absolute Gasteiger partial charge is 0.493 e. The van der Waals surface area contributed by atoms with Crippen molar-refractivity contribution in [1.29, 1.82) is 0 Å². The highest BCUT2D eigenvalue weighted by Gasteiger charge is 2.37. The van der Waals surface area contributed by atoms with Crippen LogP contribution in [0, 0.1) is 11.6 Å². The summed E-state index contributed by atoms with van der Waals surface area (Å²) in [5.74, 6) is -3.31. The molecule has 3 aromatic rings. The Morgan fingerprint density at radius 1 is 0.667 bits per heavy atom. The van der Waals surface area contributed by atoms with Gasteiger partial charge in [-0.15, -0.1) is 13.2 Å². The predicted octanol–water partition coefficient (Wildman–Crippen LogP) is 11.2. The lowest BCUT2D eigenvalue weighted by molar-refractivity contribution is -0.274. The van der Waals surface area contributed by atoms with Gasteiger partial charge in [-0.2, -0.15) is 0 Å². The number of alkyl halides is 3. The average molecular weight is 908 g/mol. The third kappa shape index (κ3) is 13.9. The van der Waals surface area contributed by atoms with Crippen molar-refractivity contribution in [1.82, 2.24) is 19.7 Å². The summed E-state index contributed by atoms with van der Waals surface area (Å²) in [6, 6.07) is 6.11. The Morgan fingerprint density at radius 2 is 1.17 bits per heavy atom. The number of benzene rings is 2. The predicted molar refractivity (Wildman–Crippen MR) is 240 cm³/mol. The number of piperazine rings is 1. The number of rotatable bonds is 23. The largest absolute Gasteiger partial charge is 0.573 e. The number of likely N-dealkylation sites (tertiary alicyclic amines) is 1. The molecule has 3 aliphatic heterocycles. The van der Waals surface area contributed by atoms with Crippen molar-refractivity contribution >= 4 is 26.4 Å². The van der Waals surface area contributed by atoms with Crippen molar-refractivity contribution < 1.29 is 39.8 Å². The highest BCUT2D eigenvalue weighted by Crippen LogP contribution is 2.41. The second-order valence-corrected chi connectivity index (χ2v) is 19.7. The fourth-order valence-electron chi connectivity index (χ4n) is 9.86. The molecule has 6 rings (SSSR count). The first-order chi connectivity index (χ1) is 30.4. The van der Waals surface area contributed by atoms with Crippen molar-refractivity contribution in [3.8, 4) is 11.5 Å². The van der Waals surface area contributed by atoms with Gasteiger partial charge >= 0.3 is 6.36 Å². The molecule has 4 heterocycles. The molecular weight excluding hydrogens is 838 g/mol. The van der Waals surface area contributed by atoms with E-state index in [0.717, 1.165) is 95.5 Å². The van der Waals surface area contributed by atoms with E-state index in [2.05, 4.69) is 38.3 Å². The number of piperidine rings is 2. The summed E-state index contributed by atoms with van der Waals surface area (Å²) in [7, 11) is -4.94. The number of ether oxygens (including phenoxy) is 2. The molecule has 9 nitrogen and oxygen atoms in total. The lowest BCUT2D eigenvalue weighted by Gasteiger charge is -2.46. The van der Waals surface area contributed by atoms with Gasteiger partial charge in [-0.25, -0.2) is 17.2 Å². The number of hydrogen-bond acceptors (Lipinski definition) is 9. The number of sulfone groups is 1. The van der Waals surface area contributed by atoms with Crippen molar-refractivity contribution in [2.45, 2.75) is 158 Å². The summed E-state index contributed by atoms with van der Waals surface area (Å²) < 4.78 is 111. The first kappa shape index (κ1) is 49.2. The van der Waals surface area contributed by atoms with Crippen LogP contribution < -0.4 is 14.4 Å². The van der Waals surface area contributed by atoms with Gasteiger partial charge in [-0.05, 0) is 69.9 Å². The van der Waals surface area contributed by atoms with E-state index in [0.29, 0.717) is 38.4 Å². The van der Waals surface area contributed by atoms with Crippen LogP contribution in [-0.4, -0.2) is 112 Å². The molecular formula is C48H70F5N5O4S. The van der Waals surface area contributed by atoms with Gasteiger partial charge in [0.25, 0.3) is 0 Å². The van der Waals surface area contributed by atoms with Crippen LogP contribution in [0.3, 0.4) is 0 Å². The third-order valence-electron chi connectivity index (χ3n) is 13.5. The van der Waals surface area contributed by atoms with E-state index in [1.165, 1.54) is 83.1 Å². The summed E-state index contributed by atoms with van der Waals surface area (Å²) in [5, 5.41) is 0.0768. The Labute approximate surface area is 372 Å². The number of unbranched alkanes of at least 4 members (excludes halogenated alkanes) is 13. The van der Waals surface area contributed by atoms with Crippen molar-refractivity contribution in [3.05, 3.63) is 48.2 Å². The van der Waals surface area contributed by atoms with Crippen LogP contribution in [0.1, 0.15) is 129 Å². The number of fused-ring (bicyclic) bond motifs is 1. The molecule has 3 aliphatic rings. The number of halogens is 5. The number of nitrogens with zero attached hydrogens (tertiary/aromatic N) is 5. The Kier molecular flexibility index (Phi) is 18.6. The molecule has 0 spiro atoms. The molecule has 63 heavy (non-hydrogen) atoms. The van der Waals surface area contributed by atoms with Gasteiger partial charge in [-0.1, -0.05) is 97.3 Å². The molecule has 15 heteroatoms. The average Bonchev–Trinajstić information content (AvgIpc) is 3.26. The minimum absolute atomic E-state index is 0.0475. The van der Waals surface area contributed by atoms with Crippen LogP contribution in [-0.2, 0) is 9.84 Å². The zero-order chi connectivity index (χ0) is 44.8. The molecule has 0 radical (unpaired) electrons. The maximum atomic E-state index is 15.9. The number of hydrogen-bond donors (Lipinski definition) is 0. The second kappa shape index (κ2) is 23.8. The molecule has 0 atom stereocenters. The summed E-state index contributed by atoms with van der Waals surface area (Å²) >= 11 is 0. The van der Waals surface area contributed by atoms with E-state index in [1.807, 2.05) is 0 Å². The monoisotopic (exact) mass is 908 g/mol. The van der Waals surface area contributed by atoms with Crippen LogP contribution in [0.4, 0.5) is 27.6 Å². The lowest BCUT2D eigenvalue weighted by atomic mass is 9.99. The van der Waals surface area contributed by atoms with Crippen LogP contribution >= 0.6 is 0 Å². The van der Waals surface area contributed by atoms with Gasteiger partial charge in [0, 0.05) is 75.1 Å². The fourth-order valence-corrected chi connectivity index (χ4v) is 11.4. The van der Waals surface area contributed by atoms with E-state index in [4.69, 9.17) is 4.74 Å². The summed E-state index contributed by atoms with van der Waals surface area (Å²) in [6.07, 6.45) is 16.5. The minimum Gasteiger partial charge on any atom is -0.493 e. The second-order valence-electron chi connectivity index (χ2n) is 17.8. The van der Waals surface area contributed by atoms with Crippen molar-refractivity contribution in [3.63, 3.8) is 0 Å². The van der Waals surface area contributed by atoms with E-state index in [-0.39, 0.29) is 35.0 Å². The van der Waals surface area contributed by atoms with Gasteiger partial charge in [0.2, 0.25) is 9.84 Å². The van der Waals surface area contributed by atoms with Gasteiger partial charge in [0.15, 0.2) is 0 Å². The maximum Gasteiger partial charge on any atom is 0.573 e. The molecule has 0 N–H and O–H groups in total. The van der Waals surface area contributed by atoms with Crippen LogP contribution in [0.2, 0.25) is 0 Å². The molecule has 0 amide bonds. The highest BCUT2D eigenvalue weighted by atomic mass is 32.2. The van der Waals surface area contributed by atoms with E-state index in [1.54, 1.807) is 4.90 Å². The molecule has 0 aliphatic carbocycles. The summed E-state index contributed by atoms with van der Waals surface area (Å²) in [4.78, 5) is 12.0. The molecule has 352 valence electrons. The summed E-state index contributed by atoms with van der Waals surface area (Å²) in [5.41, 5.74) is 0.265. The first-order valence-corrected chi connectivity index (χ1v) is 25.4. The highest BCUT2D eigenvalue weighted by molar-refractivity contribution is 7.91. The normalized spacial score (nSPS) is 18.1. The van der Waals surface area contributed by atoms with Crippen molar-refractivity contribution in [2.75, 3.05) is 70.4 Å². The number of pyridine rings is 1. The van der Waals surface area contributed by atoms with Crippen LogP contribution in [0.15, 0.2) is 46.3 Å². The molecule has 0 unspecified atom stereocenters. The third-order valence-corrected chi connectivity index (χ3v) is 15.3. The van der Waals surface area contributed by atoms with Crippen LogP contribution in [0.25, 0.3) is 10.9 Å². The maximum absolute atomic E-state index is 15.9. The van der Waals surface area contributed by atoms with Gasteiger partial charge in [-0.3, -0.25) is 14.8 Å². The SMILES string of the molecule is CCCCCCCCCCCCCCCCOc1cc(F)c(S(=O)(=O)c2cnc3ccc(OC(F)(F)F)cc3c2N2CCC(N3CCN(C4CCN(CC)CC4)CC3)CC2)c(F)c1. The van der Waals surface area contributed by atoms with E-state index in [9.17, 15) is 21.6 Å². The topological polar surface area (TPSA) is 78.4 Å². The van der Waals surface area contributed by atoms with Gasteiger partial charge in [0.05, 0.1) is 17.8 Å². The molecule has 0 bridgehead atoms. The Morgan fingerprint density at radius 3 is 1.68 bits per heavy atom. The quantitative estimate of drug-likeness (QED) is 0.0683. The van der Waals surface area contributed by atoms with E-state index >= 15 is 8.78 Å². The summed E-state index contributed by atoms with van der Waals surface area (Å²) in [6.45, 7) is 12.6. The van der Waals surface area contributed by atoms with Gasteiger partial charge < -0.3 is 19.3 Å². The zero-order valence-corrected chi connectivity index (χ0v) is 38.4. The molecule has 1 aromatic heterocycles. The number of aromatic nitrogens is 1. The molecule has 0 saturated carbocycles. The molecule has 3 fully saturated rings. The minimum atomic E-state index is -5.00. The van der Waals surface area contributed by atoms with Crippen LogP contribution in [0.5, 0.6) is 11.5 Å². The standard InChI is InChI=1S/C48H70F5N5O4S/c1-3-5-6-7-8-9-10-11-12-13-14-15-16-17-32-61-40-34-42(49)47(43(50)35-40)63(59,60)45-36-54-44-19-18-39(62-48(51,52)53)33-41(44)46(45)58-26-22-38(23-27-58)57-30-28-56(29-31-57)37-20-24-55(4-2)25-21-37/h18-19,33-38H,3-17,20-32H2,1-2H3. The number of anilines is 1. The Bertz CT molecular complexity index is 1960. The molecule has 2 aromatic carbocycles. The van der Waals surface area contributed by atoms with Gasteiger partial charge in [0.1, 0.15) is 32.9 Å². The Balaban J connectivity index is 1.08. The zero-order valence-electron chi connectivity index (χ0n) is 37.6. The van der Waals surface area contributed by atoms with E-state index < -0.39 is 43.4 Å². The van der Waals surface area contributed by atoms with Crippen molar-refractivity contribution in [2.24, 2.45) is 0 Å². The molecule has 3 saturated heterocycles. The first-order valence-electron chi connectivity index (χ1n) is 23.9. The Hall–Kier alpha value is -3.27. The fraction of sp³-hybridized carbons (Fsp3) is 0.688.